The number of aromatic nitrogens is 1. The Morgan fingerprint density at radius 2 is 1.91 bits per heavy atom. The summed E-state index contributed by atoms with van der Waals surface area (Å²) in [6.07, 6.45) is 1.64. The van der Waals surface area contributed by atoms with Crippen LogP contribution < -0.4 is 5.63 Å². The van der Waals surface area contributed by atoms with Crippen molar-refractivity contribution in [2.24, 2.45) is 7.05 Å². The maximum atomic E-state index is 10.5. The minimum Gasteiger partial charge on any atom is -0.337 e. The average molecular weight is 194 g/mol. The summed E-state index contributed by atoms with van der Waals surface area (Å²) in [5.74, 6) is 0. The summed E-state index contributed by atoms with van der Waals surface area (Å²) in [5, 5.41) is 0. The Morgan fingerprint density at radius 3 is 2.00 bits per heavy atom. The Bertz CT molecular complexity index is 239. The van der Waals surface area contributed by atoms with Crippen molar-refractivity contribution < 1.29 is 23.1 Å². The molecule has 0 saturated carbocycles. The third-order valence-electron chi connectivity index (χ3n) is 0.924. The van der Waals surface area contributed by atoms with Crippen molar-refractivity contribution in [2.45, 2.75) is 20.8 Å². The molecule has 0 aromatic carbocycles. The minimum absolute atomic E-state index is 0. The zero-order chi connectivity index (χ0) is 8.15. The fourth-order valence-electron chi connectivity index (χ4n) is 0.555. The van der Waals surface area contributed by atoms with Gasteiger partial charge in [0, 0.05) is 31.8 Å². The molecular formula is C7H13NO2V. The molecule has 1 aromatic rings. The summed E-state index contributed by atoms with van der Waals surface area (Å²) in [4.78, 5) is 10.5. The maximum Gasteiger partial charge on any atom is 0.360 e. The van der Waals surface area contributed by atoms with Gasteiger partial charge < -0.3 is 4.52 Å². The van der Waals surface area contributed by atoms with Gasteiger partial charge in [-0.3, -0.25) is 0 Å². The molecule has 0 atom stereocenters. The van der Waals surface area contributed by atoms with Crippen LogP contribution in [0.5, 0.6) is 0 Å². The van der Waals surface area contributed by atoms with Gasteiger partial charge in [0.2, 0.25) is 0 Å². The molecule has 3 nitrogen and oxygen atoms in total. The van der Waals surface area contributed by atoms with Crippen LogP contribution in [0, 0.1) is 6.92 Å². The molecule has 0 unspecified atom stereocenters. The molecule has 0 N–H and O–H groups in total. The predicted octanol–water partition coefficient (Wildman–Crippen LogP) is 1.31. The van der Waals surface area contributed by atoms with Crippen molar-refractivity contribution in [3.05, 3.63) is 22.2 Å². The van der Waals surface area contributed by atoms with E-state index in [0.717, 1.165) is 0 Å². The van der Waals surface area contributed by atoms with Crippen molar-refractivity contribution in [1.29, 1.82) is 0 Å². The summed E-state index contributed by atoms with van der Waals surface area (Å²) in [5.41, 5.74) is 0.389. The predicted molar refractivity (Wildman–Crippen MR) is 40.0 cm³/mol. The molecule has 63 valence electrons. The van der Waals surface area contributed by atoms with E-state index in [-0.39, 0.29) is 24.2 Å². The summed E-state index contributed by atoms with van der Waals surface area (Å²) < 4.78 is 5.96. The van der Waals surface area contributed by atoms with Crippen LogP contribution in [0.25, 0.3) is 0 Å². The first-order valence-electron chi connectivity index (χ1n) is 3.33. The first-order valence-corrected chi connectivity index (χ1v) is 3.33. The molecule has 0 saturated heterocycles. The fourth-order valence-corrected chi connectivity index (χ4v) is 0.555. The second kappa shape index (κ2) is 6.31. The zero-order valence-electron chi connectivity index (χ0n) is 7.29. The van der Waals surface area contributed by atoms with E-state index >= 15 is 0 Å². The van der Waals surface area contributed by atoms with Gasteiger partial charge in [0.05, 0.1) is 5.56 Å². The van der Waals surface area contributed by atoms with Gasteiger partial charge >= 0.3 is 5.63 Å². The molecule has 0 fully saturated rings. The summed E-state index contributed by atoms with van der Waals surface area (Å²) in [6.45, 7) is 5.71. The third-order valence-corrected chi connectivity index (χ3v) is 0.924. The topological polar surface area (TPSA) is 35.1 Å². The monoisotopic (exact) mass is 194 g/mol. The minimum atomic E-state index is -0.257. The molecule has 0 bridgehead atoms. The fraction of sp³-hybridized carbons (Fsp3) is 0.571. The van der Waals surface area contributed by atoms with E-state index in [2.05, 4.69) is 4.52 Å². The third kappa shape index (κ3) is 4.12. The molecule has 1 heterocycles. The SMILES string of the molecule is CC.Cc1cn(C)oc1=O.[V]. The van der Waals surface area contributed by atoms with E-state index < -0.39 is 0 Å². The number of nitrogens with zero attached hydrogens (tertiary/aromatic N) is 1. The van der Waals surface area contributed by atoms with Gasteiger partial charge in [0.15, 0.2) is 0 Å². The Morgan fingerprint density at radius 1 is 1.45 bits per heavy atom. The normalized spacial score (nSPS) is 7.64. The number of aryl methyl sites for hydroxylation is 2. The largest absolute Gasteiger partial charge is 0.360 e. The van der Waals surface area contributed by atoms with Crippen LogP contribution in [-0.4, -0.2) is 4.74 Å². The summed E-state index contributed by atoms with van der Waals surface area (Å²) >= 11 is 0. The van der Waals surface area contributed by atoms with Crippen LogP contribution in [0.15, 0.2) is 15.5 Å². The van der Waals surface area contributed by atoms with E-state index in [1.165, 1.54) is 4.74 Å². The number of hydrogen-bond donors (Lipinski definition) is 0. The molecule has 0 aliphatic heterocycles. The van der Waals surface area contributed by atoms with Crippen molar-refractivity contribution in [1.82, 2.24) is 4.74 Å². The molecule has 1 rings (SSSR count). The van der Waals surface area contributed by atoms with E-state index in [9.17, 15) is 4.79 Å². The standard InChI is InChI=1S/C5H7NO2.C2H6.V/c1-4-3-6(2)8-5(4)7;1-2;/h3H,1-2H3;1-2H3;. The Balaban J connectivity index is 0. The molecule has 1 aromatic heterocycles. The van der Waals surface area contributed by atoms with Gasteiger partial charge in [-0.25, -0.2) is 9.53 Å². The van der Waals surface area contributed by atoms with E-state index in [0.29, 0.717) is 5.56 Å². The molecule has 11 heavy (non-hydrogen) atoms. The van der Waals surface area contributed by atoms with Crippen molar-refractivity contribution >= 4 is 0 Å². The molecule has 0 amide bonds. The number of hydrogen-bond acceptors (Lipinski definition) is 2. The van der Waals surface area contributed by atoms with Gasteiger partial charge in [-0.05, 0) is 6.92 Å². The second-order valence-corrected chi connectivity index (χ2v) is 1.74. The van der Waals surface area contributed by atoms with Crippen molar-refractivity contribution in [2.75, 3.05) is 0 Å². The van der Waals surface area contributed by atoms with Crippen LogP contribution in [0.3, 0.4) is 0 Å². The number of rotatable bonds is 0. The molecule has 4 heteroatoms. The summed E-state index contributed by atoms with van der Waals surface area (Å²) in [7, 11) is 1.68. The Kier molecular flexibility index (Phi) is 7.58. The van der Waals surface area contributed by atoms with E-state index in [1.807, 2.05) is 13.8 Å². The summed E-state index contributed by atoms with van der Waals surface area (Å²) in [6, 6.07) is 0. The van der Waals surface area contributed by atoms with Crippen LogP contribution >= 0.6 is 0 Å². The van der Waals surface area contributed by atoms with Crippen molar-refractivity contribution in [3.63, 3.8) is 0 Å². The molecule has 1 radical (unpaired) electrons. The molecular weight excluding hydrogens is 181 g/mol. The van der Waals surface area contributed by atoms with Gasteiger partial charge in [0.1, 0.15) is 0 Å². The first-order chi connectivity index (χ1) is 4.70. The van der Waals surface area contributed by atoms with Gasteiger partial charge in [-0.15, -0.1) is 0 Å². The van der Waals surface area contributed by atoms with Crippen LogP contribution in [0.1, 0.15) is 19.4 Å². The average Bonchev–Trinajstić information content (AvgIpc) is 2.16. The van der Waals surface area contributed by atoms with Gasteiger partial charge in [-0.2, -0.15) is 0 Å². The van der Waals surface area contributed by atoms with Crippen molar-refractivity contribution in [3.8, 4) is 0 Å². The van der Waals surface area contributed by atoms with Gasteiger partial charge in [-0.1, -0.05) is 13.8 Å². The maximum absolute atomic E-state index is 10.5. The first kappa shape index (κ1) is 13.2. The second-order valence-electron chi connectivity index (χ2n) is 1.74. The zero-order valence-corrected chi connectivity index (χ0v) is 8.68. The van der Waals surface area contributed by atoms with Crippen LogP contribution in [0.4, 0.5) is 0 Å². The quantitative estimate of drug-likeness (QED) is 0.624. The smallest absolute Gasteiger partial charge is 0.337 e. The molecule has 0 spiro atoms. The van der Waals surface area contributed by atoms with Crippen LogP contribution in [-0.2, 0) is 25.6 Å². The van der Waals surface area contributed by atoms with Crippen LogP contribution in [0.2, 0.25) is 0 Å². The van der Waals surface area contributed by atoms with E-state index in [4.69, 9.17) is 0 Å². The van der Waals surface area contributed by atoms with Gasteiger partial charge in [0.25, 0.3) is 0 Å². The Labute approximate surface area is 78.2 Å². The van der Waals surface area contributed by atoms with E-state index in [1.54, 1.807) is 20.2 Å². The Hall–Kier alpha value is -0.406. The molecule has 0 aliphatic rings. The molecule has 0 aliphatic carbocycles.